The van der Waals surface area contributed by atoms with Crippen LogP contribution in [-0.4, -0.2) is 11.7 Å². The van der Waals surface area contributed by atoms with Crippen LogP contribution in [-0.2, 0) is 32.7 Å². The molecule has 0 aliphatic rings. The second-order valence-corrected chi connectivity index (χ2v) is 2.01. The molecule has 0 bridgehead atoms. The predicted molar refractivity (Wildman–Crippen MR) is 47.0 cm³/mol. The number of aliphatic hydroxyl groups excluding tert-OH is 1. The van der Waals surface area contributed by atoms with Crippen LogP contribution in [0.25, 0.3) is 0 Å². The Labute approximate surface area is 100 Å². The van der Waals surface area contributed by atoms with E-state index in [0.717, 1.165) is 12.8 Å². The van der Waals surface area contributed by atoms with Crippen molar-refractivity contribution in [2.24, 2.45) is 0 Å². The van der Waals surface area contributed by atoms with Crippen LogP contribution in [0.2, 0.25) is 0 Å². The van der Waals surface area contributed by atoms with Crippen LogP contribution in [0.15, 0.2) is 30.3 Å². The first-order valence-corrected chi connectivity index (χ1v) is 3.73. The number of aliphatic hydroxyl groups is 1. The first-order valence-electron chi connectivity index (χ1n) is 3.73. The fourth-order valence-electron chi connectivity index (χ4n) is 0.454. The third kappa shape index (κ3) is 12.9. The van der Waals surface area contributed by atoms with Gasteiger partial charge < -0.3 is 12.0 Å². The third-order valence-electron chi connectivity index (χ3n) is 1.02. The molecule has 0 spiro atoms. The van der Waals surface area contributed by atoms with Gasteiger partial charge in [0.2, 0.25) is 0 Å². The maximum absolute atomic E-state index is 8.03. The molecule has 65 valence electrons. The zero-order valence-electron chi connectivity index (χ0n) is 7.24. The van der Waals surface area contributed by atoms with Crippen LogP contribution >= 0.6 is 0 Å². The van der Waals surface area contributed by atoms with Gasteiger partial charge in [0, 0.05) is 39.3 Å². The zero-order valence-corrected chi connectivity index (χ0v) is 10.1. The van der Waals surface area contributed by atoms with Gasteiger partial charge in [0.25, 0.3) is 0 Å². The molecule has 0 aliphatic carbocycles. The van der Waals surface area contributed by atoms with Gasteiger partial charge in [0.15, 0.2) is 0 Å². The van der Waals surface area contributed by atoms with Gasteiger partial charge in [-0.05, 0) is 0 Å². The summed E-state index contributed by atoms with van der Waals surface area (Å²) in [6.45, 7) is 3.80. The second kappa shape index (κ2) is 13.8. The molecule has 0 unspecified atom stereocenters. The monoisotopic (exact) mass is 239 g/mol. The molecule has 2 heteroatoms. The Morgan fingerprint density at radius 3 is 1.83 bits per heavy atom. The van der Waals surface area contributed by atoms with Crippen molar-refractivity contribution in [1.82, 2.24) is 0 Å². The van der Waals surface area contributed by atoms with Gasteiger partial charge in [-0.1, -0.05) is 6.42 Å². The van der Waals surface area contributed by atoms with E-state index in [4.69, 9.17) is 5.11 Å². The van der Waals surface area contributed by atoms with Gasteiger partial charge in [0.05, 0.1) is 0 Å². The molecule has 0 aliphatic heterocycles. The topological polar surface area (TPSA) is 20.2 Å². The molecule has 12 heavy (non-hydrogen) atoms. The molecule has 0 heterocycles. The molecule has 1 aromatic carbocycles. The van der Waals surface area contributed by atoms with Crippen molar-refractivity contribution in [3.8, 4) is 0 Å². The fourth-order valence-corrected chi connectivity index (χ4v) is 0.454. The summed E-state index contributed by atoms with van der Waals surface area (Å²) in [4.78, 5) is 0. The summed E-state index contributed by atoms with van der Waals surface area (Å²) in [5.41, 5.74) is 0. The number of rotatable bonds is 2. The van der Waals surface area contributed by atoms with Gasteiger partial charge >= 0.3 is 0 Å². The van der Waals surface area contributed by atoms with Crippen molar-refractivity contribution in [2.45, 2.75) is 12.8 Å². The van der Waals surface area contributed by atoms with E-state index >= 15 is 0 Å². The summed E-state index contributed by atoms with van der Waals surface area (Å²) in [7, 11) is 0. The molecule has 1 N–H and O–H groups in total. The minimum atomic E-state index is 0. The Morgan fingerprint density at radius 2 is 1.75 bits per heavy atom. The Hall–Kier alpha value is 0.284. The summed E-state index contributed by atoms with van der Waals surface area (Å²) in [6.07, 6.45) is 1.68. The molecule has 0 saturated heterocycles. The van der Waals surface area contributed by atoms with Gasteiger partial charge in [-0.15, -0.1) is 0 Å². The maximum atomic E-state index is 8.03. The minimum absolute atomic E-state index is 0. The summed E-state index contributed by atoms with van der Waals surface area (Å²) >= 11 is 0. The maximum Gasteiger partial charge on any atom is 0.0406 e. The van der Waals surface area contributed by atoms with Crippen LogP contribution < -0.4 is 0 Å². The van der Waals surface area contributed by atoms with Gasteiger partial charge in [0.1, 0.15) is 0 Å². The molecular formula is C10H14OY-2. The van der Waals surface area contributed by atoms with Crippen molar-refractivity contribution in [3.05, 3.63) is 43.3 Å². The summed E-state index contributed by atoms with van der Waals surface area (Å²) in [6, 6.07) is 12.5. The van der Waals surface area contributed by atoms with Crippen molar-refractivity contribution < 1.29 is 37.8 Å². The molecular weight excluding hydrogens is 225 g/mol. The Kier molecular flexibility index (Phi) is 17.1. The largest absolute Gasteiger partial charge is 0.396 e. The Balaban J connectivity index is 0. The van der Waals surface area contributed by atoms with E-state index in [0.29, 0.717) is 0 Å². The normalized spacial score (nSPS) is 7.50. The number of benzene rings is 1. The van der Waals surface area contributed by atoms with Crippen molar-refractivity contribution >= 4 is 0 Å². The molecule has 0 amide bonds. The van der Waals surface area contributed by atoms with E-state index in [9.17, 15) is 0 Å². The average molecular weight is 239 g/mol. The molecule has 0 saturated carbocycles. The SMILES string of the molecule is [CH2-]CCCO.[Y].[c-]1ccccc1. The minimum Gasteiger partial charge on any atom is -0.396 e. The van der Waals surface area contributed by atoms with E-state index in [1.54, 1.807) is 0 Å². The molecule has 1 aromatic rings. The van der Waals surface area contributed by atoms with Crippen molar-refractivity contribution in [3.63, 3.8) is 0 Å². The second-order valence-electron chi connectivity index (χ2n) is 2.01. The van der Waals surface area contributed by atoms with E-state index < -0.39 is 0 Å². The quantitative estimate of drug-likeness (QED) is 0.783. The Bertz CT molecular complexity index is 113. The predicted octanol–water partition coefficient (Wildman–Crippen LogP) is 2.08. The van der Waals surface area contributed by atoms with Crippen LogP contribution in [0.5, 0.6) is 0 Å². The van der Waals surface area contributed by atoms with Crippen LogP contribution in [0.4, 0.5) is 0 Å². The number of hydrogen-bond acceptors (Lipinski definition) is 1. The first-order chi connectivity index (χ1) is 5.41. The number of hydrogen-bond donors (Lipinski definition) is 1. The van der Waals surface area contributed by atoms with E-state index in [1.165, 1.54) is 0 Å². The van der Waals surface area contributed by atoms with Crippen LogP contribution in [0.1, 0.15) is 12.8 Å². The molecule has 0 atom stereocenters. The van der Waals surface area contributed by atoms with E-state index in [-0.39, 0.29) is 39.3 Å². The van der Waals surface area contributed by atoms with Gasteiger partial charge in [-0.3, -0.25) is 0 Å². The van der Waals surface area contributed by atoms with Gasteiger partial charge in [-0.25, -0.2) is 0 Å². The first kappa shape index (κ1) is 14.8. The smallest absolute Gasteiger partial charge is 0.0406 e. The summed E-state index contributed by atoms with van der Waals surface area (Å²) in [5.74, 6) is 0. The molecule has 1 radical (unpaired) electrons. The van der Waals surface area contributed by atoms with Crippen LogP contribution in [0.3, 0.4) is 0 Å². The molecule has 1 nitrogen and oxygen atoms in total. The summed E-state index contributed by atoms with van der Waals surface area (Å²) < 4.78 is 0. The summed E-state index contributed by atoms with van der Waals surface area (Å²) in [5, 5.41) is 8.03. The molecule has 0 fully saturated rings. The van der Waals surface area contributed by atoms with Gasteiger partial charge in [-0.2, -0.15) is 42.8 Å². The molecule has 0 aromatic heterocycles. The fraction of sp³-hybridized carbons (Fsp3) is 0.300. The molecule has 1 rings (SSSR count). The van der Waals surface area contributed by atoms with Crippen molar-refractivity contribution in [1.29, 1.82) is 0 Å². The zero-order chi connectivity index (χ0) is 8.36. The third-order valence-corrected chi connectivity index (χ3v) is 1.02. The number of unbranched alkanes of at least 4 members (excludes halogenated alkanes) is 1. The van der Waals surface area contributed by atoms with Crippen LogP contribution in [0, 0.1) is 13.0 Å². The van der Waals surface area contributed by atoms with E-state index in [1.807, 2.05) is 30.3 Å². The van der Waals surface area contributed by atoms with E-state index in [2.05, 4.69) is 13.0 Å². The Morgan fingerprint density at radius 1 is 1.17 bits per heavy atom. The van der Waals surface area contributed by atoms with Crippen molar-refractivity contribution in [2.75, 3.05) is 6.61 Å². The average Bonchev–Trinajstić information content (AvgIpc) is 2.10. The standard InChI is InChI=1S/C6H5.C4H9O.Y/c1-2-4-6-5-3-1;1-2-3-4-5;/h1-5H;5H,1-4H2;/q2*-1;.